The van der Waals surface area contributed by atoms with Gasteiger partial charge in [0.2, 0.25) is 0 Å². The Bertz CT molecular complexity index is 421. The number of hydrogen-bond donors (Lipinski definition) is 0. The molecule has 0 N–H and O–H groups in total. The molecule has 84 valence electrons. The van der Waals surface area contributed by atoms with E-state index in [-0.39, 0.29) is 0 Å². The number of hydrogen-bond acceptors (Lipinski definition) is 4. The Hall–Kier alpha value is -2.10. The van der Waals surface area contributed by atoms with E-state index in [2.05, 4.69) is 0 Å². The van der Waals surface area contributed by atoms with Crippen LogP contribution in [0.25, 0.3) is 6.08 Å². The Morgan fingerprint density at radius 2 is 2.06 bits per heavy atom. The van der Waals surface area contributed by atoms with Gasteiger partial charge in [-0.3, -0.25) is 9.59 Å². The molecule has 0 aromatic heterocycles. The van der Waals surface area contributed by atoms with Crippen LogP contribution >= 0.6 is 0 Å². The Morgan fingerprint density at radius 1 is 1.31 bits per heavy atom. The van der Waals surface area contributed by atoms with E-state index in [1.54, 1.807) is 24.3 Å². The molecule has 0 aliphatic heterocycles. The summed E-state index contributed by atoms with van der Waals surface area (Å²) in [7, 11) is 1.48. The first-order chi connectivity index (χ1) is 7.67. The predicted octanol–water partition coefficient (Wildman–Crippen LogP) is 1.83. The highest BCUT2D eigenvalue weighted by molar-refractivity contribution is 5.75. The van der Waals surface area contributed by atoms with Crippen LogP contribution in [0.4, 0.5) is 0 Å². The van der Waals surface area contributed by atoms with Crippen LogP contribution in [0.5, 0.6) is 11.5 Å². The van der Waals surface area contributed by atoms with Crippen molar-refractivity contribution in [1.82, 2.24) is 0 Å². The third-order valence-corrected chi connectivity index (χ3v) is 1.81. The monoisotopic (exact) mass is 220 g/mol. The van der Waals surface area contributed by atoms with Crippen LogP contribution in [-0.2, 0) is 9.59 Å². The number of esters is 1. The molecule has 0 heterocycles. The fraction of sp³-hybridized carbons (Fsp3) is 0.167. The first kappa shape index (κ1) is 12.0. The second-order valence-electron chi connectivity index (χ2n) is 3.00. The molecular formula is C12H12O4. The van der Waals surface area contributed by atoms with Crippen molar-refractivity contribution in [1.29, 1.82) is 0 Å². The van der Waals surface area contributed by atoms with E-state index >= 15 is 0 Å². The van der Waals surface area contributed by atoms with Gasteiger partial charge >= 0.3 is 5.97 Å². The van der Waals surface area contributed by atoms with E-state index in [9.17, 15) is 9.59 Å². The lowest BCUT2D eigenvalue weighted by Crippen LogP contribution is -2.02. The zero-order valence-corrected chi connectivity index (χ0v) is 9.10. The molecule has 0 radical (unpaired) electrons. The molecule has 0 unspecified atom stereocenters. The van der Waals surface area contributed by atoms with Crippen LogP contribution in [0.1, 0.15) is 12.5 Å². The number of carbonyl (C=O) groups excluding carboxylic acids is 2. The van der Waals surface area contributed by atoms with Gasteiger partial charge in [-0.15, -0.1) is 0 Å². The smallest absolute Gasteiger partial charge is 0.308 e. The van der Waals surface area contributed by atoms with Gasteiger partial charge in [0.15, 0.2) is 11.5 Å². The predicted molar refractivity (Wildman–Crippen MR) is 59.4 cm³/mol. The van der Waals surface area contributed by atoms with Gasteiger partial charge in [-0.05, 0) is 23.8 Å². The average molecular weight is 220 g/mol. The summed E-state index contributed by atoms with van der Waals surface area (Å²) in [5.41, 5.74) is 0.792. The highest BCUT2D eigenvalue weighted by Gasteiger charge is 2.06. The topological polar surface area (TPSA) is 52.6 Å². The number of aldehydes is 1. The molecule has 0 spiro atoms. The number of allylic oxidation sites excluding steroid dienone is 1. The normalized spacial score (nSPS) is 10.1. The van der Waals surface area contributed by atoms with Crippen LogP contribution in [0.2, 0.25) is 0 Å². The van der Waals surface area contributed by atoms with E-state index in [0.717, 1.165) is 5.56 Å². The van der Waals surface area contributed by atoms with Gasteiger partial charge in [-0.25, -0.2) is 0 Å². The van der Waals surface area contributed by atoms with Crippen molar-refractivity contribution >= 4 is 18.3 Å². The standard InChI is InChI=1S/C12H12O4/c1-9(14)16-11-6-5-10(4-3-7-13)8-12(11)15-2/h3-8H,1-2H3/b4-3+. The molecule has 0 amide bonds. The third kappa shape index (κ3) is 3.24. The second-order valence-corrected chi connectivity index (χ2v) is 3.00. The van der Waals surface area contributed by atoms with E-state index in [4.69, 9.17) is 9.47 Å². The molecule has 1 aromatic carbocycles. The van der Waals surface area contributed by atoms with Crippen molar-refractivity contribution in [3.05, 3.63) is 29.8 Å². The van der Waals surface area contributed by atoms with Gasteiger partial charge in [0.05, 0.1) is 7.11 Å². The summed E-state index contributed by atoms with van der Waals surface area (Å²) in [6, 6.07) is 5.02. The number of ether oxygens (including phenoxy) is 2. The number of carbonyl (C=O) groups is 2. The molecule has 1 rings (SSSR count). The molecule has 4 nitrogen and oxygen atoms in total. The number of rotatable bonds is 4. The third-order valence-electron chi connectivity index (χ3n) is 1.81. The summed E-state index contributed by atoms with van der Waals surface area (Å²) in [6.07, 6.45) is 3.69. The summed E-state index contributed by atoms with van der Waals surface area (Å²) in [5.74, 6) is 0.399. The highest BCUT2D eigenvalue weighted by atomic mass is 16.6. The molecule has 0 saturated carbocycles. The van der Waals surface area contributed by atoms with Crippen molar-refractivity contribution < 1.29 is 19.1 Å². The van der Waals surface area contributed by atoms with Crippen LogP contribution < -0.4 is 9.47 Å². The van der Waals surface area contributed by atoms with Crippen LogP contribution in [0, 0.1) is 0 Å². The van der Waals surface area contributed by atoms with Gasteiger partial charge in [0, 0.05) is 6.92 Å². The molecule has 4 heteroatoms. The van der Waals surface area contributed by atoms with Crippen molar-refractivity contribution in [3.63, 3.8) is 0 Å². The Balaban J connectivity index is 3.01. The quantitative estimate of drug-likeness (QED) is 0.336. The van der Waals surface area contributed by atoms with E-state index in [0.29, 0.717) is 17.8 Å². The Labute approximate surface area is 93.5 Å². The van der Waals surface area contributed by atoms with E-state index < -0.39 is 5.97 Å². The fourth-order valence-corrected chi connectivity index (χ4v) is 1.18. The minimum absolute atomic E-state index is 0.359. The molecule has 16 heavy (non-hydrogen) atoms. The van der Waals surface area contributed by atoms with Crippen LogP contribution in [0.15, 0.2) is 24.3 Å². The Kier molecular flexibility index (Phi) is 4.27. The molecule has 0 bridgehead atoms. The summed E-state index contributed by atoms with van der Waals surface area (Å²) in [4.78, 5) is 21.0. The maximum Gasteiger partial charge on any atom is 0.308 e. The van der Waals surface area contributed by atoms with Gasteiger partial charge in [0.1, 0.15) is 6.29 Å². The summed E-state index contributed by atoms with van der Waals surface area (Å²) in [5, 5.41) is 0. The summed E-state index contributed by atoms with van der Waals surface area (Å²) in [6.45, 7) is 1.32. The van der Waals surface area contributed by atoms with E-state index in [1.807, 2.05) is 0 Å². The summed E-state index contributed by atoms with van der Waals surface area (Å²) < 4.78 is 10.0. The van der Waals surface area contributed by atoms with E-state index in [1.165, 1.54) is 20.1 Å². The molecular weight excluding hydrogens is 208 g/mol. The molecule has 0 atom stereocenters. The van der Waals surface area contributed by atoms with Gasteiger partial charge in [0.25, 0.3) is 0 Å². The van der Waals surface area contributed by atoms with Gasteiger partial charge < -0.3 is 9.47 Å². The van der Waals surface area contributed by atoms with Crippen molar-refractivity contribution in [2.45, 2.75) is 6.92 Å². The van der Waals surface area contributed by atoms with Crippen molar-refractivity contribution in [2.24, 2.45) is 0 Å². The zero-order chi connectivity index (χ0) is 12.0. The van der Waals surface area contributed by atoms with Crippen molar-refractivity contribution in [3.8, 4) is 11.5 Å². The SMILES string of the molecule is COc1cc(/C=C/C=O)ccc1OC(C)=O. The number of methoxy groups -OCH3 is 1. The molecule has 0 fully saturated rings. The Morgan fingerprint density at radius 3 is 2.62 bits per heavy atom. The molecule has 0 aliphatic rings. The maximum atomic E-state index is 10.8. The largest absolute Gasteiger partial charge is 0.493 e. The van der Waals surface area contributed by atoms with Crippen LogP contribution in [0.3, 0.4) is 0 Å². The molecule has 0 aliphatic carbocycles. The zero-order valence-electron chi connectivity index (χ0n) is 9.10. The minimum atomic E-state index is -0.408. The minimum Gasteiger partial charge on any atom is -0.493 e. The lowest BCUT2D eigenvalue weighted by molar-refractivity contribution is -0.132. The van der Waals surface area contributed by atoms with Gasteiger partial charge in [-0.2, -0.15) is 0 Å². The average Bonchev–Trinajstić information content (AvgIpc) is 2.27. The lowest BCUT2D eigenvalue weighted by atomic mass is 10.2. The fourth-order valence-electron chi connectivity index (χ4n) is 1.18. The lowest BCUT2D eigenvalue weighted by Gasteiger charge is -2.08. The second kappa shape index (κ2) is 5.70. The van der Waals surface area contributed by atoms with Crippen LogP contribution in [-0.4, -0.2) is 19.4 Å². The van der Waals surface area contributed by atoms with Crippen molar-refractivity contribution in [2.75, 3.05) is 7.11 Å². The first-order valence-corrected chi connectivity index (χ1v) is 4.65. The highest BCUT2D eigenvalue weighted by Crippen LogP contribution is 2.28. The molecule has 1 aromatic rings. The first-order valence-electron chi connectivity index (χ1n) is 4.65. The summed E-state index contributed by atoms with van der Waals surface area (Å²) >= 11 is 0. The number of benzene rings is 1. The van der Waals surface area contributed by atoms with Gasteiger partial charge in [-0.1, -0.05) is 12.1 Å². The maximum absolute atomic E-state index is 10.8. The molecule has 0 saturated heterocycles.